The van der Waals surface area contributed by atoms with Crippen LogP contribution in [0.15, 0.2) is 24.3 Å². The van der Waals surface area contributed by atoms with Crippen LogP contribution in [0, 0.1) is 11.8 Å². The minimum Gasteiger partial charge on any atom is -0.494 e. The first kappa shape index (κ1) is 25.8. The van der Waals surface area contributed by atoms with Crippen molar-refractivity contribution in [2.24, 2.45) is 11.8 Å². The molecule has 6 atom stereocenters. The van der Waals surface area contributed by atoms with Gasteiger partial charge in [-0.3, -0.25) is 14.4 Å². The molecule has 3 heterocycles. The number of aliphatic hydroxyl groups excluding tert-OH is 1. The molecule has 1 spiro atoms. The summed E-state index contributed by atoms with van der Waals surface area (Å²) in [5.41, 5.74) is 0.650. The molecule has 3 aliphatic rings. The van der Waals surface area contributed by atoms with E-state index in [0.717, 1.165) is 31.4 Å². The van der Waals surface area contributed by atoms with Crippen LogP contribution >= 0.6 is 11.8 Å². The lowest BCUT2D eigenvalue weighted by Crippen LogP contribution is -2.56. The molecule has 1 aromatic carbocycles. The fourth-order valence-electron chi connectivity index (χ4n) is 5.96. The zero-order valence-corrected chi connectivity index (χ0v) is 21.6. The highest BCUT2D eigenvalue weighted by atomic mass is 32.2. The highest BCUT2D eigenvalue weighted by Crippen LogP contribution is 2.66. The van der Waals surface area contributed by atoms with Crippen LogP contribution in [0.4, 0.5) is 5.69 Å². The summed E-state index contributed by atoms with van der Waals surface area (Å²) in [6, 6.07) is 6.02. The molecule has 9 heteroatoms. The standard InChI is InChI=1S/C26H37N3O5S/c1-4-6-7-14-27-24(32)22-26-13-12-19(35-26)20(21(26)25(33)29(22)16(3)15-30)23(31)28-17-8-10-18(11-9-17)34-5-2/h8-11,16,19-22,30H,4-7,12-15H2,1-3H3,(H,27,32)(H,28,31)/t16-,19-,20+,21+,22?,26?/m1/s1. The smallest absolute Gasteiger partial charge is 0.244 e. The molecule has 8 nitrogen and oxygen atoms in total. The number of nitrogens with zero attached hydrogens (tertiary/aromatic N) is 1. The third-order valence-corrected chi connectivity index (χ3v) is 9.49. The van der Waals surface area contributed by atoms with E-state index in [9.17, 15) is 19.5 Å². The van der Waals surface area contributed by atoms with Crippen LogP contribution in [0.5, 0.6) is 5.75 Å². The first-order valence-corrected chi connectivity index (χ1v) is 13.7. The Morgan fingerprint density at radius 1 is 1.23 bits per heavy atom. The summed E-state index contributed by atoms with van der Waals surface area (Å²) in [5, 5.41) is 15.9. The number of aliphatic hydroxyl groups is 1. The Morgan fingerprint density at radius 3 is 2.63 bits per heavy atom. The van der Waals surface area contributed by atoms with Gasteiger partial charge >= 0.3 is 0 Å². The molecule has 35 heavy (non-hydrogen) atoms. The number of anilines is 1. The number of unbranched alkanes of at least 4 members (excludes halogenated alkanes) is 2. The van der Waals surface area contributed by atoms with Gasteiger partial charge in [0, 0.05) is 17.5 Å². The van der Waals surface area contributed by atoms with Gasteiger partial charge in [-0.2, -0.15) is 0 Å². The van der Waals surface area contributed by atoms with Crippen LogP contribution in [0.1, 0.15) is 52.9 Å². The van der Waals surface area contributed by atoms with Gasteiger partial charge in [0.1, 0.15) is 11.8 Å². The molecule has 3 saturated heterocycles. The van der Waals surface area contributed by atoms with E-state index in [4.69, 9.17) is 4.74 Å². The highest BCUT2D eigenvalue weighted by molar-refractivity contribution is 8.02. The van der Waals surface area contributed by atoms with Crippen molar-refractivity contribution in [2.75, 3.05) is 25.1 Å². The minimum atomic E-state index is -0.679. The van der Waals surface area contributed by atoms with Crippen molar-refractivity contribution in [3.05, 3.63) is 24.3 Å². The topological polar surface area (TPSA) is 108 Å². The number of ether oxygens (including phenoxy) is 1. The van der Waals surface area contributed by atoms with E-state index >= 15 is 0 Å². The highest BCUT2D eigenvalue weighted by Gasteiger charge is 2.73. The van der Waals surface area contributed by atoms with Crippen molar-refractivity contribution >= 4 is 35.2 Å². The summed E-state index contributed by atoms with van der Waals surface area (Å²) in [6.45, 7) is 6.68. The number of fused-ring (bicyclic) bond motifs is 1. The van der Waals surface area contributed by atoms with Crippen LogP contribution in [0.25, 0.3) is 0 Å². The van der Waals surface area contributed by atoms with Crippen molar-refractivity contribution in [1.82, 2.24) is 10.2 Å². The SMILES string of the molecule is CCCCCNC(=O)C1N([C@H](C)CO)C(=O)[C@@H]2[C@@H](C(=O)Nc3ccc(OCC)cc3)[C@H]3CCC12S3. The molecular formula is C26H37N3O5S. The molecule has 192 valence electrons. The fourth-order valence-corrected chi connectivity index (χ4v) is 8.17. The molecule has 1 aromatic rings. The van der Waals surface area contributed by atoms with Crippen molar-refractivity contribution < 1.29 is 24.2 Å². The summed E-state index contributed by atoms with van der Waals surface area (Å²) in [6.07, 6.45) is 4.47. The van der Waals surface area contributed by atoms with Crippen LogP contribution in [0.2, 0.25) is 0 Å². The molecule has 0 saturated carbocycles. The molecule has 4 rings (SSSR count). The number of amides is 3. The summed E-state index contributed by atoms with van der Waals surface area (Å²) in [4.78, 5) is 42.3. The third kappa shape index (κ3) is 4.65. The van der Waals surface area contributed by atoms with Crippen LogP contribution in [-0.2, 0) is 14.4 Å². The molecule has 0 radical (unpaired) electrons. The third-order valence-electron chi connectivity index (χ3n) is 7.54. The quantitative estimate of drug-likeness (QED) is 0.401. The number of nitrogens with one attached hydrogen (secondary N) is 2. The van der Waals surface area contributed by atoms with E-state index in [2.05, 4.69) is 17.6 Å². The lowest BCUT2D eigenvalue weighted by Gasteiger charge is -2.36. The second-order valence-corrected chi connectivity index (χ2v) is 11.4. The van der Waals surface area contributed by atoms with Crippen molar-refractivity contribution in [3.8, 4) is 5.75 Å². The molecule has 3 aliphatic heterocycles. The normalized spacial score (nSPS) is 29.7. The van der Waals surface area contributed by atoms with Gasteiger partial charge in [0.15, 0.2) is 0 Å². The number of carbonyl (C=O) groups is 3. The number of likely N-dealkylation sites (tertiary alicyclic amines) is 1. The Balaban J connectivity index is 1.57. The maximum absolute atomic E-state index is 13.8. The van der Waals surface area contributed by atoms with E-state index < -0.39 is 28.7 Å². The second kappa shape index (κ2) is 10.8. The van der Waals surface area contributed by atoms with Crippen LogP contribution in [-0.4, -0.2) is 69.6 Å². The number of carbonyl (C=O) groups excluding carboxylic acids is 3. The van der Waals surface area contributed by atoms with Gasteiger partial charge in [0.25, 0.3) is 0 Å². The number of benzene rings is 1. The maximum atomic E-state index is 13.8. The molecule has 3 amide bonds. The Labute approximate surface area is 211 Å². The first-order valence-electron chi connectivity index (χ1n) is 12.8. The van der Waals surface area contributed by atoms with Gasteiger partial charge in [0.2, 0.25) is 17.7 Å². The van der Waals surface area contributed by atoms with Gasteiger partial charge in [0.05, 0.1) is 35.8 Å². The molecule has 3 fully saturated rings. The number of rotatable bonds is 11. The summed E-state index contributed by atoms with van der Waals surface area (Å²) in [5.74, 6) is -0.910. The average Bonchev–Trinajstić information content (AvgIpc) is 3.50. The molecule has 3 N–H and O–H groups in total. The number of thioether (sulfide) groups is 1. The second-order valence-electron chi connectivity index (χ2n) is 9.78. The van der Waals surface area contributed by atoms with Gasteiger partial charge < -0.3 is 25.4 Å². The van der Waals surface area contributed by atoms with E-state index in [1.54, 1.807) is 47.9 Å². The van der Waals surface area contributed by atoms with Crippen molar-refractivity contribution in [3.63, 3.8) is 0 Å². The van der Waals surface area contributed by atoms with Crippen LogP contribution < -0.4 is 15.4 Å². The van der Waals surface area contributed by atoms with Gasteiger partial charge in [-0.05, 0) is 57.4 Å². The predicted octanol–water partition coefficient (Wildman–Crippen LogP) is 2.80. The lowest BCUT2D eigenvalue weighted by atomic mass is 9.70. The molecular weight excluding hydrogens is 466 g/mol. The average molecular weight is 504 g/mol. The Morgan fingerprint density at radius 2 is 1.97 bits per heavy atom. The largest absolute Gasteiger partial charge is 0.494 e. The Hall–Kier alpha value is -2.26. The Bertz CT molecular complexity index is 941. The molecule has 2 unspecified atom stereocenters. The number of hydrogen-bond acceptors (Lipinski definition) is 6. The summed E-state index contributed by atoms with van der Waals surface area (Å²) >= 11 is 1.64. The van der Waals surface area contributed by atoms with E-state index in [0.29, 0.717) is 25.3 Å². The molecule has 0 aliphatic carbocycles. The van der Waals surface area contributed by atoms with Crippen molar-refractivity contribution in [1.29, 1.82) is 0 Å². The summed E-state index contributed by atoms with van der Waals surface area (Å²) in [7, 11) is 0. The molecule has 0 aromatic heterocycles. The van der Waals surface area contributed by atoms with Gasteiger partial charge in [-0.15, -0.1) is 11.8 Å². The van der Waals surface area contributed by atoms with E-state index in [1.807, 2.05) is 6.92 Å². The zero-order valence-electron chi connectivity index (χ0n) is 20.8. The lowest BCUT2D eigenvalue weighted by molar-refractivity contribution is -0.141. The molecule has 2 bridgehead atoms. The Kier molecular flexibility index (Phi) is 7.96. The minimum absolute atomic E-state index is 0.00591. The van der Waals surface area contributed by atoms with Crippen LogP contribution in [0.3, 0.4) is 0 Å². The van der Waals surface area contributed by atoms with E-state index in [-0.39, 0.29) is 29.6 Å². The van der Waals surface area contributed by atoms with Gasteiger partial charge in [-0.1, -0.05) is 19.8 Å². The predicted molar refractivity (Wildman–Crippen MR) is 136 cm³/mol. The van der Waals surface area contributed by atoms with Crippen molar-refractivity contribution in [2.45, 2.75) is 75.0 Å². The summed E-state index contributed by atoms with van der Waals surface area (Å²) < 4.78 is 4.83. The first-order chi connectivity index (χ1) is 16.9. The van der Waals surface area contributed by atoms with E-state index in [1.165, 1.54) is 0 Å². The van der Waals surface area contributed by atoms with Gasteiger partial charge in [-0.25, -0.2) is 0 Å². The maximum Gasteiger partial charge on any atom is 0.244 e. The fraction of sp³-hybridized carbons (Fsp3) is 0.654. The monoisotopic (exact) mass is 503 g/mol. The zero-order chi connectivity index (χ0) is 25.2. The number of hydrogen-bond donors (Lipinski definition) is 3.